The van der Waals surface area contributed by atoms with Gasteiger partial charge in [0, 0.05) is 35.5 Å². The Morgan fingerprint density at radius 3 is 2.55 bits per heavy atom. The minimum atomic E-state index is -4.52. The molecule has 0 atom stereocenters. The van der Waals surface area contributed by atoms with E-state index >= 15 is 0 Å². The van der Waals surface area contributed by atoms with Gasteiger partial charge in [-0.05, 0) is 48.4 Å². The van der Waals surface area contributed by atoms with E-state index in [1.165, 1.54) is 18.5 Å². The van der Waals surface area contributed by atoms with Gasteiger partial charge in [-0.3, -0.25) is 0 Å². The van der Waals surface area contributed by atoms with Gasteiger partial charge in [0.15, 0.2) is 0 Å². The summed E-state index contributed by atoms with van der Waals surface area (Å²) in [5.41, 5.74) is 1.70. The first kappa shape index (κ1) is 18.8. The lowest BCUT2D eigenvalue weighted by Gasteiger charge is -2.11. The van der Waals surface area contributed by atoms with Gasteiger partial charge in [0.2, 0.25) is 5.88 Å². The molecule has 2 heterocycles. The molecule has 0 bridgehead atoms. The summed E-state index contributed by atoms with van der Waals surface area (Å²) in [5, 5.41) is 0.774. The molecule has 8 heteroatoms. The molecule has 2 aromatic heterocycles. The van der Waals surface area contributed by atoms with Crippen LogP contribution in [0.4, 0.5) is 17.6 Å². The van der Waals surface area contributed by atoms with Crippen LogP contribution in [0.3, 0.4) is 0 Å². The topological polar surface area (TPSA) is 47.9 Å². The number of pyridine rings is 1. The largest absolute Gasteiger partial charge is 0.439 e. The molecule has 29 heavy (non-hydrogen) atoms. The number of benzene rings is 2. The molecule has 4 rings (SSSR count). The van der Waals surface area contributed by atoms with Crippen molar-refractivity contribution in [3.63, 3.8) is 0 Å². The predicted molar refractivity (Wildman–Crippen MR) is 99.0 cm³/mol. The molecule has 0 aliphatic heterocycles. The molecule has 0 spiro atoms. The van der Waals surface area contributed by atoms with Crippen LogP contribution in [0.25, 0.3) is 22.0 Å². The summed E-state index contributed by atoms with van der Waals surface area (Å²) in [6, 6.07) is 9.27. The molecule has 0 unspecified atom stereocenters. The molecule has 0 fully saturated rings. The van der Waals surface area contributed by atoms with E-state index in [0.29, 0.717) is 11.1 Å². The summed E-state index contributed by atoms with van der Waals surface area (Å²) in [4.78, 5) is 11.9. The van der Waals surface area contributed by atoms with Gasteiger partial charge in [0.25, 0.3) is 0 Å². The third kappa shape index (κ3) is 3.87. The highest BCUT2D eigenvalue weighted by molar-refractivity contribution is 5.86. The zero-order valence-electron chi connectivity index (χ0n) is 15.0. The van der Waals surface area contributed by atoms with Crippen molar-refractivity contribution >= 4 is 10.9 Å². The van der Waals surface area contributed by atoms with E-state index in [2.05, 4.69) is 15.0 Å². The molecule has 0 aliphatic carbocycles. The van der Waals surface area contributed by atoms with Gasteiger partial charge in [0.1, 0.15) is 17.9 Å². The Morgan fingerprint density at radius 2 is 1.79 bits per heavy atom. The number of hydrogen-bond acceptors (Lipinski definition) is 4. The van der Waals surface area contributed by atoms with E-state index in [0.717, 1.165) is 40.9 Å². The minimum Gasteiger partial charge on any atom is -0.439 e. The number of alkyl halides is 3. The first-order chi connectivity index (χ1) is 13.8. The van der Waals surface area contributed by atoms with Crippen LogP contribution in [0.5, 0.6) is 11.6 Å². The number of aromatic nitrogens is 3. The van der Waals surface area contributed by atoms with Gasteiger partial charge in [-0.15, -0.1) is 0 Å². The molecule has 4 nitrogen and oxygen atoms in total. The number of halogens is 4. The molecule has 0 N–H and O–H groups in total. The van der Waals surface area contributed by atoms with Crippen LogP contribution in [0.15, 0.2) is 61.2 Å². The molecule has 0 saturated carbocycles. The highest BCUT2D eigenvalue weighted by Gasteiger charge is 2.31. The van der Waals surface area contributed by atoms with Crippen molar-refractivity contribution in [2.24, 2.45) is 0 Å². The van der Waals surface area contributed by atoms with Gasteiger partial charge in [-0.25, -0.2) is 19.3 Å². The second-order valence-corrected chi connectivity index (χ2v) is 6.38. The predicted octanol–water partition coefficient (Wildman–Crippen LogP) is 5.95. The van der Waals surface area contributed by atoms with Crippen molar-refractivity contribution in [2.75, 3.05) is 0 Å². The maximum Gasteiger partial charge on any atom is 0.416 e. The summed E-state index contributed by atoms with van der Waals surface area (Å²) in [6.07, 6.45) is -0.437. The highest BCUT2D eigenvalue weighted by Crippen LogP contribution is 2.33. The number of ether oxygens (including phenoxy) is 1. The Labute approximate surface area is 162 Å². The third-order valence-electron chi connectivity index (χ3n) is 4.33. The second kappa shape index (κ2) is 7.12. The van der Waals surface area contributed by atoms with E-state index in [9.17, 15) is 17.6 Å². The maximum absolute atomic E-state index is 14.7. The van der Waals surface area contributed by atoms with E-state index in [1.807, 2.05) is 13.0 Å². The van der Waals surface area contributed by atoms with Crippen molar-refractivity contribution < 1.29 is 22.3 Å². The number of fused-ring (bicyclic) bond motifs is 1. The van der Waals surface area contributed by atoms with Gasteiger partial charge in [0.05, 0.1) is 11.1 Å². The quantitative estimate of drug-likeness (QED) is 0.400. The van der Waals surface area contributed by atoms with Gasteiger partial charge in [-0.2, -0.15) is 13.2 Å². The van der Waals surface area contributed by atoms with Crippen molar-refractivity contribution in [3.05, 3.63) is 78.1 Å². The molecule has 0 radical (unpaired) electrons. The monoisotopic (exact) mass is 399 g/mol. The van der Waals surface area contributed by atoms with Crippen molar-refractivity contribution in [2.45, 2.75) is 13.1 Å². The Balaban J connectivity index is 1.65. The lowest BCUT2D eigenvalue weighted by molar-refractivity contribution is -0.137. The van der Waals surface area contributed by atoms with E-state index < -0.39 is 17.6 Å². The van der Waals surface area contributed by atoms with Gasteiger partial charge in [-0.1, -0.05) is 0 Å². The van der Waals surface area contributed by atoms with E-state index in [-0.39, 0.29) is 11.6 Å². The Bertz CT molecular complexity index is 1210. The molecule has 4 aromatic rings. The van der Waals surface area contributed by atoms with Crippen LogP contribution in [-0.4, -0.2) is 15.0 Å². The summed E-state index contributed by atoms with van der Waals surface area (Å²) < 4.78 is 58.4. The summed E-state index contributed by atoms with van der Waals surface area (Å²) in [7, 11) is 0. The first-order valence-corrected chi connectivity index (χ1v) is 8.52. The third-order valence-corrected chi connectivity index (χ3v) is 4.33. The van der Waals surface area contributed by atoms with Crippen molar-refractivity contribution in [3.8, 4) is 22.8 Å². The number of hydrogen-bond donors (Lipinski definition) is 0. The van der Waals surface area contributed by atoms with Crippen LogP contribution in [0.1, 0.15) is 11.1 Å². The molecular weight excluding hydrogens is 386 g/mol. The maximum atomic E-state index is 14.7. The van der Waals surface area contributed by atoms with E-state index in [4.69, 9.17) is 4.74 Å². The lowest BCUT2D eigenvalue weighted by atomic mass is 10.00. The Morgan fingerprint density at radius 1 is 0.966 bits per heavy atom. The fourth-order valence-electron chi connectivity index (χ4n) is 3.00. The van der Waals surface area contributed by atoms with Gasteiger partial charge >= 0.3 is 6.18 Å². The molecule has 0 saturated heterocycles. The van der Waals surface area contributed by atoms with Crippen LogP contribution in [0.2, 0.25) is 0 Å². The highest BCUT2D eigenvalue weighted by atomic mass is 19.4. The van der Waals surface area contributed by atoms with Crippen molar-refractivity contribution in [1.82, 2.24) is 15.0 Å². The van der Waals surface area contributed by atoms with E-state index in [1.54, 1.807) is 12.3 Å². The van der Waals surface area contributed by atoms with Crippen LogP contribution in [0, 0.1) is 12.7 Å². The summed E-state index contributed by atoms with van der Waals surface area (Å²) >= 11 is 0. The molecule has 2 aromatic carbocycles. The fourth-order valence-corrected chi connectivity index (χ4v) is 3.00. The van der Waals surface area contributed by atoms with Gasteiger partial charge < -0.3 is 4.74 Å². The number of aryl methyl sites for hydroxylation is 1. The van der Waals surface area contributed by atoms with Crippen LogP contribution < -0.4 is 4.74 Å². The SMILES string of the molecule is Cc1cc(-c2ccc(Oc3cc(C(F)(F)F)ccn3)cc2F)cc2cncnc12. The lowest BCUT2D eigenvalue weighted by Crippen LogP contribution is -2.05. The summed E-state index contributed by atoms with van der Waals surface area (Å²) in [5.74, 6) is -0.810. The zero-order valence-corrected chi connectivity index (χ0v) is 15.0. The zero-order chi connectivity index (χ0) is 20.6. The van der Waals surface area contributed by atoms with Crippen LogP contribution >= 0.6 is 0 Å². The Kier molecular flexibility index (Phi) is 4.62. The molecular formula is C21H13F4N3O. The average molecular weight is 399 g/mol. The average Bonchev–Trinajstić information content (AvgIpc) is 2.68. The van der Waals surface area contributed by atoms with Crippen LogP contribution in [-0.2, 0) is 6.18 Å². The molecule has 0 amide bonds. The number of rotatable bonds is 3. The number of nitrogens with zero attached hydrogens (tertiary/aromatic N) is 3. The minimum absolute atomic E-state index is 0.0407. The van der Waals surface area contributed by atoms with Crippen molar-refractivity contribution in [1.29, 1.82) is 0 Å². The Hall–Kier alpha value is -3.55. The standard InChI is InChI=1S/C21H13F4N3O/c1-12-6-13(7-14-10-26-11-28-20(12)14)17-3-2-16(9-18(17)22)29-19-8-15(4-5-27-19)21(23,24)25/h2-11H,1H3. The smallest absolute Gasteiger partial charge is 0.416 e. The summed E-state index contributed by atoms with van der Waals surface area (Å²) in [6.45, 7) is 1.87. The second-order valence-electron chi connectivity index (χ2n) is 6.38. The fraction of sp³-hybridized carbons (Fsp3) is 0.0952. The first-order valence-electron chi connectivity index (χ1n) is 8.52. The molecule has 0 aliphatic rings. The molecule has 146 valence electrons. The normalized spacial score (nSPS) is 11.6.